The lowest BCUT2D eigenvalue weighted by Gasteiger charge is -2.14. The van der Waals surface area contributed by atoms with Crippen LogP contribution in [0.3, 0.4) is 0 Å². The van der Waals surface area contributed by atoms with Gasteiger partial charge in [-0.15, -0.1) is 5.48 Å². The Morgan fingerprint density at radius 2 is 2.09 bits per heavy atom. The van der Waals surface area contributed by atoms with Crippen molar-refractivity contribution in [2.24, 2.45) is 5.16 Å². The van der Waals surface area contributed by atoms with Crippen LogP contribution in [-0.2, 0) is 11.1 Å². The Hall–Kier alpha value is -2.81. The zero-order chi connectivity index (χ0) is 16.4. The lowest BCUT2D eigenvalue weighted by Crippen LogP contribution is -2.33. The zero-order valence-electron chi connectivity index (χ0n) is 11.5. The number of nitrogens with one attached hydrogen (secondary N) is 3. The summed E-state index contributed by atoms with van der Waals surface area (Å²) in [6.45, 7) is 0. The molecule has 1 aliphatic heterocycles. The van der Waals surface area contributed by atoms with Crippen LogP contribution in [0.15, 0.2) is 53.3 Å². The molecule has 0 fully saturated rings. The normalized spacial score (nSPS) is 19.3. The first kappa shape index (κ1) is 15.1. The quantitative estimate of drug-likeness (QED) is 0.782. The van der Waals surface area contributed by atoms with Crippen molar-refractivity contribution in [1.29, 1.82) is 0 Å². The molecule has 1 unspecified atom stereocenters. The number of anilines is 1. The van der Waals surface area contributed by atoms with E-state index >= 15 is 0 Å². The van der Waals surface area contributed by atoms with Crippen LogP contribution in [0, 0.1) is 0 Å². The molecule has 1 aliphatic carbocycles. The van der Waals surface area contributed by atoms with Gasteiger partial charge in [0.25, 0.3) is 0 Å². The minimum absolute atomic E-state index is 0.0438. The standard InChI is InChI=1S/C14H11F3N4O2/c15-14(16,17)8-2-1-3-9(6-8)18-13(22)19-10-4-5-11-12(7-10)21-23-20-11/h1-7,12,21H,(H2,18,19,22). The second-order valence-electron chi connectivity index (χ2n) is 4.82. The van der Waals surface area contributed by atoms with Gasteiger partial charge in [-0.3, -0.25) is 4.94 Å². The van der Waals surface area contributed by atoms with Crippen molar-refractivity contribution in [3.8, 4) is 0 Å². The van der Waals surface area contributed by atoms with Crippen LogP contribution in [0.4, 0.5) is 23.7 Å². The Kier molecular flexibility index (Phi) is 3.78. The van der Waals surface area contributed by atoms with E-state index < -0.39 is 17.8 Å². The molecule has 3 rings (SSSR count). The molecular weight excluding hydrogens is 313 g/mol. The maximum atomic E-state index is 12.6. The number of hydroxylamine groups is 1. The summed E-state index contributed by atoms with van der Waals surface area (Å²) in [5, 5.41) is 8.60. The molecule has 0 spiro atoms. The first-order valence-electron chi connectivity index (χ1n) is 6.56. The predicted molar refractivity (Wildman–Crippen MR) is 76.3 cm³/mol. The van der Waals surface area contributed by atoms with Crippen LogP contribution < -0.4 is 16.1 Å². The minimum Gasteiger partial charge on any atom is -0.308 e. The number of hydrogen-bond donors (Lipinski definition) is 3. The van der Waals surface area contributed by atoms with Gasteiger partial charge < -0.3 is 10.6 Å². The Balaban J connectivity index is 1.64. The molecule has 1 aromatic rings. The topological polar surface area (TPSA) is 74.8 Å². The summed E-state index contributed by atoms with van der Waals surface area (Å²) >= 11 is 0. The van der Waals surface area contributed by atoms with Crippen molar-refractivity contribution in [3.05, 3.63) is 53.8 Å². The first-order valence-corrected chi connectivity index (χ1v) is 6.56. The van der Waals surface area contributed by atoms with Gasteiger partial charge in [0.1, 0.15) is 11.8 Å². The van der Waals surface area contributed by atoms with E-state index in [0.29, 0.717) is 11.4 Å². The number of allylic oxidation sites excluding steroid dienone is 1. The van der Waals surface area contributed by atoms with Gasteiger partial charge in [0.2, 0.25) is 0 Å². The summed E-state index contributed by atoms with van der Waals surface area (Å²) in [5.41, 5.74) is 2.95. The van der Waals surface area contributed by atoms with Gasteiger partial charge >= 0.3 is 12.2 Å². The van der Waals surface area contributed by atoms with Gasteiger partial charge in [0.15, 0.2) is 0 Å². The summed E-state index contributed by atoms with van der Waals surface area (Å²) in [6, 6.07) is 3.46. The first-order chi connectivity index (χ1) is 10.9. The van der Waals surface area contributed by atoms with E-state index in [1.54, 1.807) is 18.2 Å². The number of hydrogen-bond acceptors (Lipinski definition) is 4. The molecule has 2 amide bonds. The second-order valence-corrected chi connectivity index (χ2v) is 4.82. The molecule has 2 aliphatic rings. The van der Waals surface area contributed by atoms with Crippen molar-refractivity contribution in [2.75, 3.05) is 5.32 Å². The SMILES string of the molecule is O=C(NC1=CC2NON=C2C=C1)Nc1cccc(C(F)(F)F)c1. The number of halogens is 3. The molecule has 9 heteroatoms. The third-order valence-corrected chi connectivity index (χ3v) is 3.13. The summed E-state index contributed by atoms with van der Waals surface area (Å²) in [7, 11) is 0. The van der Waals surface area contributed by atoms with Gasteiger partial charge in [-0.1, -0.05) is 11.2 Å². The number of nitrogens with zero attached hydrogens (tertiary/aromatic N) is 1. The van der Waals surface area contributed by atoms with E-state index in [2.05, 4.69) is 21.3 Å². The Morgan fingerprint density at radius 3 is 2.87 bits per heavy atom. The number of benzene rings is 1. The number of carbonyl (C=O) groups excluding carboxylic acids is 1. The molecule has 0 saturated heterocycles. The molecule has 1 aromatic carbocycles. The predicted octanol–water partition coefficient (Wildman–Crippen LogP) is 2.54. The van der Waals surface area contributed by atoms with Crippen LogP contribution in [0.25, 0.3) is 0 Å². The average Bonchev–Trinajstić information content (AvgIpc) is 2.94. The van der Waals surface area contributed by atoms with Gasteiger partial charge in [-0.25, -0.2) is 4.79 Å². The molecule has 3 N–H and O–H groups in total. The van der Waals surface area contributed by atoms with Crippen molar-refractivity contribution < 1.29 is 22.9 Å². The third-order valence-electron chi connectivity index (χ3n) is 3.13. The highest BCUT2D eigenvalue weighted by Crippen LogP contribution is 2.30. The Bertz CT molecular complexity index is 725. The molecule has 0 saturated carbocycles. The molecule has 6 nitrogen and oxygen atoms in total. The second kappa shape index (κ2) is 5.76. The molecular formula is C14H11F3N4O2. The molecule has 1 atom stereocenters. The fraction of sp³-hybridized carbons (Fsp3) is 0.143. The molecule has 0 bridgehead atoms. The van der Waals surface area contributed by atoms with E-state index in [9.17, 15) is 18.0 Å². The number of rotatable bonds is 2. The number of alkyl halides is 3. The summed E-state index contributed by atoms with van der Waals surface area (Å²) < 4.78 is 37.9. The van der Waals surface area contributed by atoms with Crippen LogP contribution >= 0.6 is 0 Å². The van der Waals surface area contributed by atoms with E-state index in [1.165, 1.54) is 12.1 Å². The molecule has 23 heavy (non-hydrogen) atoms. The van der Waals surface area contributed by atoms with Crippen molar-refractivity contribution >= 4 is 17.4 Å². The Morgan fingerprint density at radius 1 is 1.26 bits per heavy atom. The fourth-order valence-electron chi connectivity index (χ4n) is 2.07. The molecule has 1 heterocycles. The van der Waals surface area contributed by atoms with E-state index in [4.69, 9.17) is 4.94 Å². The molecule has 120 valence electrons. The highest BCUT2D eigenvalue weighted by atomic mass is 19.4. The van der Waals surface area contributed by atoms with Crippen LogP contribution in [0.1, 0.15) is 5.56 Å². The van der Waals surface area contributed by atoms with Crippen molar-refractivity contribution in [2.45, 2.75) is 12.2 Å². The van der Waals surface area contributed by atoms with Crippen LogP contribution in [0.5, 0.6) is 0 Å². The van der Waals surface area contributed by atoms with Gasteiger partial charge in [-0.05, 0) is 36.4 Å². The minimum atomic E-state index is -4.47. The van der Waals surface area contributed by atoms with Crippen LogP contribution in [-0.4, -0.2) is 17.8 Å². The maximum absolute atomic E-state index is 12.6. The maximum Gasteiger partial charge on any atom is 0.416 e. The molecule has 0 radical (unpaired) electrons. The Labute approximate surface area is 128 Å². The number of fused-ring (bicyclic) bond motifs is 1. The number of urea groups is 1. The number of carbonyl (C=O) groups is 1. The van der Waals surface area contributed by atoms with Gasteiger partial charge in [0, 0.05) is 11.4 Å². The zero-order valence-corrected chi connectivity index (χ0v) is 11.5. The van der Waals surface area contributed by atoms with Gasteiger partial charge in [-0.2, -0.15) is 13.2 Å². The lowest BCUT2D eigenvalue weighted by atomic mass is 10.1. The van der Waals surface area contributed by atoms with E-state index in [0.717, 1.165) is 12.1 Å². The highest BCUT2D eigenvalue weighted by molar-refractivity contribution is 6.03. The molecule has 0 aromatic heterocycles. The van der Waals surface area contributed by atoms with Crippen molar-refractivity contribution in [3.63, 3.8) is 0 Å². The van der Waals surface area contributed by atoms with Crippen LogP contribution in [0.2, 0.25) is 0 Å². The smallest absolute Gasteiger partial charge is 0.308 e. The fourth-order valence-corrected chi connectivity index (χ4v) is 2.07. The third kappa shape index (κ3) is 3.51. The monoisotopic (exact) mass is 324 g/mol. The van der Waals surface area contributed by atoms with Gasteiger partial charge in [0.05, 0.1) is 5.56 Å². The van der Waals surface area contributed by atoms with E-state index in [-0.39, 0.29) is 11.7 Å². The summed E-state index contributed by atoms with van der Waals surface area (Å²) in [4.78, 5) is 16.6. The lowest BCUT2D eigenvalue weighted by molar-refractivity contribution is -0.137. The van der Waals surface area contributed by atoms with Crippen molar-refractivity contribution in [1.82, 2.24) is 10.8 Å². The average molecular weight is 324 g/mol. The number of amides is 2. The summed E-state index contributed by atoms with van der Waals surface area (Å²) in [6.07, 6.45) is 0.464. The largest absolute Gasteiger partial charge is 0.416 e. The highest BCUT2D eigenvalue weighted by Gasteiger charge is 2.30. The number of oxime groups is 1. The summed E-state index contributed by atoms with van der Waals surface area (Å²) in [5.74, 6) is 0. The van der Waals surface area contributed by atoms with E-state index in [1.807, 2.05) is 0 Å².